The molecule has 0 aliphatic heterocycles. The Morgan fingerprint density at radius 3 is 2.56 bits per heavy atom. The van der Waals surface area contributed by atoms with E-state index in [9.17, 15) is 4.79 Å². The quantitative estimate of drug-likeness (QED) is 0.726. The van der Waals surface area contributed by atoms with Gasteiger partial charge in [-0.3, -0.25) is 4.79 Å². The van der Waals surface area contributed by atoms with E-state index in [1.54, 1.807) is 0 Å². The Bertz CT molecular complexity index is 349. The molecule has 0 aliphatic carbocycles. The van der Waals surface area contributed by atoms with Gasteiger partial charge in [0.05, 0.1) is 6.04 Å². The van der Waals surface area contributed by atoms with Crippen LogP contribution < -0.4 is 11.1 Å². The van der Waals surface area contributed by atoms with Crippen LogP contribution in [0.1, 0.15) is 32.3 Å². The van der Waals surface area contributed by atoms with Gasteiger partial charge in [-0.25, -0.2) is 0 Å². The van der Waals surface area contributed by atoms with Gasteiger partial charge in [0.15, 0.2) is 0 Å². The van der Waals surface area contributed by atoms with Crippen LogP contribution in [0.15, 0.2) is 30.3 Å². The van der Waals surface area contributed by atoms with Crippen LogP contribution in [-0.4, -0.2) is 18.5 Å². The molecule has 0 fully saturated rings. The maximum absolute atomic E-state index is 11.8. The molecule has 0 aromatic heterocycles. The third-order valence-electron chi connectivity index (χ3n) is 2.89. The van der Waals surface area contributed by atoms with Crippen molar-refractivity contribution in [1.82, 2.24) is 5.32 Å². The minimum absolute atomic E-state index is 0.0531. The average molecular weight is 248 g/mol. The van der Waals surface area contributed by atoms with E-state index in [0.717, 1.165) is 24.9 Å². The molecular weight excluding hydrogens is 224 g/mol. The number of carbonyl (C=O) groups excluding carboxylic acids is 1. The summed E-state index contributed by atoms with van der Waals surface area (Å²) in [6, 6.07) is 9.41. The monoisotopic (exact) mass is 248 g/mol. The largest absolute Gasteiger partial charge is 0.355 e. The number of rotatable bonds is 7. The first-order valence-corrected chi connectivity index (χ1v) is 6.67. The van der Waals surface area contributed by atoms with E-state index < -0.39 is 6.04 Å². The van der Waals surface area contributed by atoms with Gasteiger partial charge >= 0.3 is 0 Å². The zero-order chi connectivity index (χ0) is 13.4. The molecule has 1 amide bonds. The van der Waals surface area contributed by atoms with E-state index in [0.29, 0.717) is 12.3 Å². The van der Waals surface area contributed by atoms with Crippen molar-refractivity contribution in [2.75, 3.05) is 6.54 Å². The van der Waals surface area contributed by atoms with E-state index in [2.05, 4.69) is 19.2 Å². The first-order chi connectivity index (χ1) is 8.59. The van der Waals surface area contributed by atoms with Crippen LogP contribution in [0.3, 0.4) is 0 Å². The molecule has 1 atom stereocenters. The SMILES string of the molecule is CC(C)CCCNC(=O)[C@H](N)Cc1ccccc1. The van der Waals surface area contributed by atoms with Crippen LogP contribution >= 0.6 is 0 Å². The smallest absolute Gasteiger partial charge is 0.237 e. The summed E-state index contributed by atoms with van der Waals surface area (Å²) in [6.45, 7) is 5.09. The number of hydrogen-bond acceptors (Lipinski definition) is 2. The second-order valence-electron chi connectivity index (χ2n) is 5.12. The summed E-state index contributed by atoms with van der Waals surface area (Å²) in [5.74, 6) is 0.627. The molecule has 0 aliphatic rings. The van der Waals surface area contributed by atoms with E-state index in [1.807, 2.05) is 30.3 Å². The number of hydrogen-bond donors (Lipinski definition) is 2. The number of nitrogens with two attached hydrogens (primary N) is 1. The number of amides is 1. The molecule has 0 bridgehead atoms. The van der Waals surface area contributed by atoms with Crippen molar-refractivity contribution in [1.29, 1.82) is 0 Å². The highest BCUT2D eigenvalue weighted by molar-refractivity contribution is 5.81. The molecule has 0 saturated carbocycles. The first-order valence-electron chi connectivity index (χ1n) is 6.67. The van der Waals surface area contributed by atoms with Gasteiger partial charge in [-0.15, -0.1) is 0 Å². The van der Waals surface area contributed by atoms with Gasteiger partial charge in [-0.05, 0) is 30.7 Å². The van der Waals surface area contributed by atoms with Gasteiger partial charge in [0.2, 0.25) is 5.91 Å². The molecule has 1 aromatic rings. The predicted molar refractivity (Wildman–Crippen MR) is 75.2 cm³/mol. The molecule has 0 heterocycles. The second-order valence-corrected chi connectivity index (χ2v) is 5.12. The summed E-state index contributed by atoms with van der Waals surface area (Å²) in [5.41, 5.74) is 6.98. The maximum atomic E-state index is 11.8. The summed E-state index contributed by atoms with van der Waals surface area (Å²) in [5, 5.41) is 2.89. The van der Waals surface area contributed by atoms with Gasteiger partial charge in [-0.1, -0.05) is 44.2 Å². The Morgan fingerprint density at radius 1 is 1.28 bits per heavy atom. The van der Waals surface area contributed by atoms with Crippen LogP contribution in [0.5, 0.6) is 0 Å². The molecule has 0 spiro atoms. The van der Waals surface area contributed by atoms with Crippen molar-refractivity contribution in [3.05, 3.63) is 35.9 Å². The van der Waals surface area contributed by atoms with Gasteiger partial charge < -0.3 is 11.1 Å². The molecule has 0 unspecified atom stereocenters. The lowest BCUT2D eigenvalue weighted by atomic mass is 10.1. The van der Waals surface area contributed by atoms with Crippen molar-refractivity contribution in [3.8, 4) is 0 Å². The molecular formula is C15H24N2O. The van der Waals surface area contributed by atoms with E-state index in [4.69, 9.17) is 5.73 Å². The second kappa shape index (κ2) is 7.88. The zero-order valence-corrected chi connectivity index (χ0v) is 11.4. The zero-order valence-electron chi connectivity index (χ0n) is 11.4. The topological polar surface area (TPSA) is 55.1 Å². The van der Waals surface area contributed by atoms with Crippen LogP contribution in [0.25, 0.3) is 0 Å². The van der Waals surface area contributed by atoms with Gasteiger partial charge in [0, 0.05) is 6.54 Å². The third-order valence-corrected chi connectivity index (χ3v) is 2.89. The van der Waals surface area contributed by atoms with Crippen LogP contribution in [-0.2, 0) is 11.2 Å². The van der Waals surface area contributed by atoms with Crippen molar-refractivity contribution >= 4 is 5.91 Å². The lowest BCUT2D eigenvalue weighted by Gasteiger charge is -2.12. The maximum Gasteiger partial charge on any atom is 0.237 e. The van der Waals surface area contributed by atoms with Gasteiger partial charge in [0.25, 0.3) is 0 Å². The Morgan fingerprint density at radius 2 is 1.94 bits per heavy atom. The molecule has 18 heavy (non-hydrogen) atoms. The molecule has 1 aromatic carbocycles. The molecule has 1 rings (SSSR count). The normalized spacial score (nSPS) is 12.4. The fourth-order valence-corrected chi connectivity index (χ4v) is 1.81. The average Bonchev–Trinajstić information content (AvgIpc) is 2.35. The Balaban J connectivity index is 2.25. The molecule has 3 heteroatoms. The fraction of sp³-hybridized carbons (Fsp3) is 0.533. The molecule has 0 radical (unpaired) electrons. The highest BCUT2D eigenvalue weighted by Gasteiger charge is 2.13. The van der Waals surface area contributed by atoms with Crippen LogP contribution in [0.4, 0.5) is 0 Å². The highest BCUT2D eigenvalue weighted by atomic mass is 16.2. The summed E-state index contributed by atoms with van der Waals surface area (Å²) in [6.07, 6.45) is 2.74. The molecule has 3 nitrogen and oxygen atoms in total. The lowest BCUT2D eigenvalue weighted by Crippen LogP contribution is -2.42. The van der Waals surface area contributed by atoms with E-state index >= 15 is 0 Å². The molecule has 3 N–H and O–H groups in total. The number of benzene rings is 1. The Kier molecular flexibility index (Phi) is 6.44. The summed E-state index contributed by atoms with van der Waals surface area (Å²) >= 11 is 0. The number of carbonyl (C=O) groups is 1. The lowest BCUT2D eigenvalue weighted by molar-refractivity contribution is -0.122. The minimum Gasteiger partial charge on any atom is -0.355 e. The Labute approximate surface area is 110 Å². The highest BCUT2D eigenvalue weighted by Crippen LogP contribution is 2.03. The fourth-order valence-electron chi connectivity index (χ4n) is 1.81. The summed E-state index contributed by atoms with van der Waals surface area (Å²) in [4.78, 5) is 11.8. The van der Waals surface area contributed by atoms with E-state index in [-0.39, 0.29) is 5.91 Å². The molecule has 100 valence electrons. The molecule has 0 saturated heterocycles. The van der Waals surface area contributed by atoms with Crippen molar-refractivity contribution in [2.45, 2.75) is 39.2 Å². The third kappa shape index (κ3) is 5.82. The first kappa shape index (κ1) is 14.7. The van der Waals surface area contributed by atoms with Crippen molar-refractivity contribution in [2.24, 2.45) is 11.7 Å². The number of nitrogens with one attached hydrogen (secondary N) is 1. The van der Waals surface area contributed by atoms with Crippen LogP contribution in [0, 0.1) is 5.92 Å². The van der Waals surface area contributed by atoms with Crippen LogP contribution in [0.2, 0.25) is 0 Å². The van der Waals surface area contributed by atoms with Gasteiger partial charge in [0.1, 0.15) is 0 Å². The van der Waals surface area contributed by atoms with Gasteiger partial charge in [-0.2, -0.15) is 0 Å². The Hall–Kier alpha value is -1.35. The summed E-state index contributed by atoms with van der Waals surface area (Å²) < 4.78 is 0. The van der Waals surface area contributed by atoms with E-state index in [1.165, 1.54) is 0 Å². The van der Waals surface area contributed by atoms with Crippen molar-refractivity contribution in [3.63, 3.8) is 0 Å². The standard InChI is InChI=1S/C15H24N2O/c1-12(2)7-6-10-17-15(18)14(16)11-13-8-4-3-5-9-13/h3-5,8-9,12,14H,6-7,10-11,16H2,1-2H3,(H,17,18)/t14-/m1/s1. The van der Waals surface area contributed by atoms with Crippen molar-refractivity contribution < 1.29 is 4.79 Å². The minimum atomic E-state index is -0.452. The predicted octanol–water partition coefficient (Wildman–Crippen LogP) is 2.11. The summed E-state index contributed by atoms with van der Waals surface area (Å²) in [7, 11) is 0.